The molecule has 0 aliphatic carbocycles. The lowest BCUT2D eigenvalue weighted by Gasteiger charge is -2.34. The first-order chi connectivity index (χ1) is 11.9. The second-order valence-corrected chi connectivity index (χ2v) is 7.17. The van der Waals surface area contributed by atoms with Gasteiger partial charge in [0, 0.05) is 31.1 Å². The molecule has 2 nitrogen and oxygen atoms in total. The van der Waals surface area contributed by atoms with Crippen molar-refractivity contribution in [1.82, 2.24) is 10.2 Å². The van der Waals surface area contributed by atoms with E-state index in [-0.39, 0.29) is 0 Å². The van der Waals surface area contributed by atoms with Gasteiger partial charge in [0.05, 0.1) is 6.04 Å². The average molecular weight is 334 g/mol. The van der Waals surface area contributed by atoms with E-state index in [2.05, 4.69) is 82.3 Å². The third-order valence-electron chi connectivity index (χ3n) is 4.66. The van der Waals surface area contributed by atoms with Crippen LogP contribution in [0.25, 0.3) is 11.1 Å². The fourth-order valence-electron chi connectivity index (χ4n) is 3.43. The third kappa shape index (κ3) is 3.29. The third-order valence-corrected chi connectivity index (χ3v) is 5.59. The minimum atomic E-state index is 0.372. The van der Waals surface area contributed by atoms with Crippen LogP contribution in [-0.2, 0) is 0 Å². The van der Waals surface area contributed by atoms with E-state index in [0.717, 1.165) is 26.2 Å². The van der Waals surface area contributed by atoms with E-state index in [1.165, 1.54) is 21.6 Å². The van der Waals surface area contributed by atoms with E-state index >= 15 is 0 Å². The van der Waals surface area contributed by atoms with Crippen molar-refractivity contribution in [2.45, 2.75) is 6.04 Å². The Labute approximate surface area is 147 Å². The van der Waals surface area contributed by atoms with Gasteiger partial charge in [-0.2, -0.15) is 0 Å². The van der Waals surface area contributed by atoms with Gasteiger partial charge in [-0.25, -0.2) is 0 Å². The van der Waals surface area contributed by atoms with Crippen molar-refractivity contribution >= 4 is 11.3 Å². The highest BCUT2D eigenvalue weighted by atomic mass is 32.1. The fraction of sp³-hybridized carbons (Fsp3) is 0.238. The van der Waals surface area contributed by atoms with Gasteiger partial charge in [-0.3, -0.25) is 4.90 Å². The smallest absolute Gasteiger partial charge is 0.0696 e. The Morgan fingerprint density at radius 2 is 1.50 bits per heavy atom. The van der Waals surface area contributed by atoms with Crippen molar-refractivity contribution in [2.24, 2.45) is 0 Å². The van der Waals surface area contributed by atoms with Gasteiger partial charge in [0.1, 0.15) is 0 Å². The zero-order valence-electron chi connectivity index (χ0n) is 13.7. The summed E-state index contributed by atoms with van der Waals surface area (Å²) in [4.78, 5) is 4.03. The zero-order valence-corrected chi connectivity index (χ0v) is 14.5. The summed E-state index contributed by atoms with van der Waals surface area (Å²) in [7, 11) is 0. The molecule has 122 valence electrons. The second-order valence-electron chi connectivity index (χ2n) is 6.19. The van der Waals surface area contributed by atoms with E-state index in [0.29, 0.717) is 6.04 Å². The van der Waals surface area contributed by atoms with Crippen LogP contribution in [0.2, 0.25) is 0 Å². The molecule has 3 aromatic rings. The molecule has 1 aliphatic heterocycles. The van der Waals surface area contributed by atoms with Gasteiger partial charge in [-0.15, -0.1) is 11.3 Å². The Balaban J connectivity index is 1.65. The molecule has 0 amide bonds. The van der Waals surface area contributed by atoms with Crippen molar-refractivity contribution in [3.8, 4) is 11.1 Å². The molecule has 0 spiro atoms. The number of piperazine rings is 1. The van der Waals surface area contributed by atoms with Crippen LogP contribution in [0.3, 0.4) is 0 Å². The van der Waals surface area contributed by atoms with Crippen molar-refractivity contribution < 1.29 is 0 Å². The molecule has 1 N–H and O–H groups in total. The van der Waals surface area contributed by atoms with Crippen molar-refractivity contribution in [3.05, 3.63) is 82.6 Å². The van der Waals surface area contributed by atoms with E-state index in [1.807, 2.05) is 11.3 Å². The van der Waals surface area contributed by atoms with Gasteiger partial charge >= 0.3 is 0 Å². The van der Waals surface area contributed by atoms with Gasteiger partial charge in [0.2, 0.25) is 0 Å². The number of benzene rings is 2. The summed E-state index contributed by atoms with van der Waals surface area (Å²) in [6.45, 7) is 4.35. The largest absolute Gasteiger partial charge is 0.314 e. The van der Waals surface area contributed by atoms with Crippen LogP contribution in [0.5, 0.6) is 0 Å². The van der Waals surface area contributed by atoms with Crippen LogP contribution in [-0.4, -0.2) is 31.1 Å². The Hall–Kier alpha value is -1.94. The molecular formula is C21H22N2S. The van der Waals surface area contributed by atoms with Crippen LogP contribution in [0.15, 0.2) is 72.1 Å². The highest BCUT2D eigenvalue weighted by molar-refractivity contribution is 7.10. The Kier molecular flexibility index (Phi) is 4.74. The first-order valence-corrected chi connectivity index (χ1v) is 9.43. The van der Waals surface area contributed by atoms with Crippen LogP contribution in [0.4, 0.5) is 0 Å². The number of hydrogen-bond acceptors (Lipinski definition) is 3. The maximum Gasteiger partial charge on any atom is 0.0696 e. The summed E-state index contributed by atoms with van der Waals surface area (Å²) < 4.78 is 0. The normalized spacial score (nSPS) is 16.8. The molecule has 3 heteroatoms. The highest BCUT2D eigenvalue weighted by Crippen LogP contribution is 2.33. The van der Waals surface area contributed by atoms with Crippen LogP contribution in [0, 0.1) is 0 Å². The molecule has 1 aliphatic rings. The predicted octanol–water partition coefficient (Wildman–Crippen LogP) is 4.41. The van der Waals surface area contributed by atoms with Crippen molar-refractivity contribution in [3.63, 3.8) is 0 Å². The standard InChI is InChI=1S/C21H22N2S/c1-2-5-17(6-3-1)18-8-10-19(11-9-18)21(20-7-4-16-24-20)23-14-12-22-13-15-23/h1-11,16,21-22H,12-15H2. The summed E-state index contributed by atoms with van der Waals surface area (Å²) in [6, 6.07) is 24.5. The average Bonchev–Trinajstić information content (AvgIpc) is 3.18. The number of rotatable bonds is 4. The van der Waals surface area contributed by atoms with E-state index < -0.39 is 0 Å². The molecule has 1 saturated heterocycles. The van der Waals surface area contributed by atoms with Crippen LogP contribution < -0.4 is 5.32 Å². The minimum absolute atomic E-state index is 0.372. The summed E-state index contributed by atoms with van der Waals surface area (Å²) in [5.41, 5.74) is 3.95. The SMILES string of the molecule is c1ccc(-c2ccc(C(c3cccs3)N3CCNCC3)cc2)cc1. The summed E-state index contributed by atoms with van der Waals surface area (Å²) in [6.07, 6.45) is 0. The molecule has 0 bridgehead atoms. The topological polar surface area (TPSA) is 15.3 Å². The van der Waals surface area contributed by atoms with Crippen molar-refractivity contribution in [1.29, 1.82) is 0 Å². The predicted molar refractivity (Wildman–Crippen MR) is 102 cm³/mol. The van der Waals surface area contributed by atoms with Crippen LogP contribution in [0.1, 0.15) is 16.5 Å². The number of nitrogens with zero attached hydrogens (tertiary/aromatic N) is 1. The molecule has 1 fully saturated rings. The highest BCUT2D eigenvalue weighted by Gasteiger charge is 2.24. The maximum atomic E-state index is 3.46. The quantitative estimate of drug-likeness (QED) is 0.760. The Morgan fingerprint density at radius 3 is 2.17 bits per heavy atom. The lowest BCUT2D eigenvalue weighted by atomic mass is 9.98. The zero-order chi connectivity index (χ0) is 16.2. The minimum Gasteiger partial charge on any atom is -0.314 e. The Morgan fingerprint density at radius 1 is 0.792 bits per heavy atom. The van der Waals surface area contributed by atoms with Gasteiger partial charge in [0.15, 0.2) is 0 Å². The molecule has 1 atom stereocenters. The van der Waals surface area contributed by atoms with Gasteiger partial charge in [-0.05, 0) is 28.1 Å². The summed E-state index contributed by atoms with van der Waals surface area (Å²) in [5, 5.41) is 5.64. The molecule has 2 aromatic carbocycles. The van der Waals surface area contributed by atoms with E-state index in [9.17, 15) is 0 Å². The molecule has 1 unspecified atom stereocenters. The Bertz CT molecular complexity index is 744. The van der Waals surface area contributed by atoms with E-state index in [1.54, 1.807) is 0 Å². The second kappa shape index (κ2) is 7.31. The lowest BCUT2D eigenvalue weighted by molar-refractivity contribution is 0.200. The number of hydrogen-bond donors (Lipinski definition) is 1. The van der Waals surface area contributed by atoms with Crippen molar-refractivity contribution in [2.75, 3.05) is 26.2 Å². The maximum absolute atomic E-state index is 3.46. The van der Waals surface area contributed by atoms with Gasteiger partial charge < -0.3 is 5.32 Å². The summed E-state index contributed by atoms with van der Waals surface area (Å²) >= 11 is 1.86. The fourth-order valence-corrected chi connectivity index (χ4v) is 4.32. The molecule has 4 rings (SSSR count). The summed E-state index contributed by atoms with van der Waals surface area (Å²) in [5.74, 6) is 0. The van der Waals surface area contributed by atoms with Crippen LogP contribution >= 0.6 is 11.3 Å². The molecular weight excluding hydrogens is 312 g/mol. The molecule has 0 saturated carbocycles. The molecule has 1 aromatic heterocycles. The molecule has 2 heterocycles. The first kappa shape index (κ1) is 15.6. The molecule has 24 heavy (non-hydrogen) atoms. The first-order valence-electron chi connectivity index (χ1n) is 8.55. The van der Waals surface area contributed by atoms with Gasteiger partial charge in [0.25, 0.3) is 0 Å². The van der Waals surface area contributed by atoms with Gasteiger partial charge in [-0.1, -0.05) is 60.7 Å². The van der Waals surface area contributed by atoms with E-state index in [4.69, 9.17) is 0 Å². The number of thiophene rings is 1. The lowest BCUT2D eigenvalue weighted by Crippen LogP contribution is -2.45. The molecule has 0 radical (unpaired) electrons. The number of nitrogens with one attached hydrogen (secondary N) is 1. The monoisotopic (exact) mass is 334 g/mol.